The number of hydrogen-bond acceptors (Lipinski definition) is 5. The highest BCUT2D eigenvalue weighted by molar-refractivity contribution is 6.16. The number of primary amides is 1. The zero-order valence-electron chi connectivity index (χ0n) is 19.5. The lowest BCUT2D eigenvalue weighted by atomic mass is 10.0. The minimum Gasteiger partial charge on any atom is -0.457 e. The van der Waals surface area contributed by atoms with Crippen LogP contribution in [0, 0.1) is 22.9 Å². The van der Waals surface area contributed by atoms with Crippen LogP contribution < -0.4 is 15.4 Å². The number of aromatic nitrogens is 3. The van der Waals surface area contributed by atoms with Crippen molar-refractivity contribution in [1.29, 1.82) is 0 Å². The van der Waals surface area contributed by atoms with Crippen molar-refractivity contribution in [3.05, 3.63) is 84.6 Å². The van der Waals surface area contributed by atoms with Gasteiger partial charge in [0.15, 0.2) is 5.82 Å². The molecule has 8 nitrogen and oxygen atoms in total. The van der Waals surface area contributed by atoms with Gasteiger partial charge < -0.3 is 10.5 Å². The lowest BCUT2D eigenvalue weighted by Gasteiger charge is -2.27. The van der Waals surface area contributed by atoms with E-state index in [-0.39, 0.29) is 24.3 Å². The SMILES string of the molecule is Cn1cc(-c2cc(Oc3ccc(N(C(=O)C4(C(N)=O)CC4)c4ccc(F)cc4F)c(F)c3)ccn2)cn1. The maximum atomic E-state index is 15.4. The molecule has 4 aromatic rings. The molecule has 0 bridgehead atoms. The molecule has 1 aliphatic carbocycles. The number of nitrogens with two attached hydrogens (primary N) is 1. The molecule has 2 aromatic heterocycles. The van der Waals surface area contributed by atoms with Gasteiger partial charge in [0.1, 0.15) is 28.5 Å². The van der Waals surface area contributed by atoms with Crippen LogP contribution in [0.25, 0.3) is 11.3 Å². The summed E-state index contributed by atoms with van der Waals surface area (Å²) in [6, 6.07) is 9.35. The van der Waals surface area contributed by atoms with Crippen molar-refractivity contribution < 1.29 is 27.5 Å². The summed E-state index contributed by atoms with van der Waals surface area (Å²) in [5, 5.41) is 4.10. The van der Waals surface area contributed by atoms with E-state index in [0.29, 0.717) is 17.5 Å². The van der Waals surface area contributed by atoms with Crippen molar-refractivity contribution in [3.63, 3.8) is 0 Å². The van der Waals surface area contributed by atoms with E-state index < -0.39 is 40.4 Å². The molecule has 0 aliphatic heterocycles. The fraction of sp³-hybridized carbons (Fsp3) is 0.154. The summed E-state index contributed by atoms with van der Waals surface area (Å²) < 4.78 is 51.1. The number of carbonyl (C=O) groups is 2. The van der Waals surface area contributed by atoms with Gasteiger partial charge >= 0.3 is 0 Å². The third kappa shape index (κ3) is 4.51. The number of benzene rings is 2. The van der Waals surface area contributed by atoms with Crippen LogP contribution in [0.5, 0.6) is 11.5 Å². The van der Waals surface area contributed by atoms with Crippen LogP contribution >= 0.6 is 0 Å². The molecule has 1 fully saturated rings. The van der Waals surface area contributed by atoms with Crippen LogP contribution in [0.15, 0.2) is 67.1 Å². The largest absolute Gasteiger partial charge is 0.457 e. The number of anilines is 2. The number of halogens is 3. The van der Waals surface area contributed by atoms with E-state index in [4.69, 9.17) is 10.5 Å². The second-order valence-electron chi connectivity index (χ2n) is 8.68. The smallest absolute Gasteiger partial charge is 0.247 e. The molecule has 0 atom stereocenters. The highest BCUT2D eigenvalue weighted by atomic mass is 19.1. The van der Waals surface area contributed by atoms with Crippen LogP contribution in [0.2, 0.25) is 0 Å². The van der Waals surface area contributed by atoms with Gasteiger partial charge in [-0.15, -0.1) is 0 Å². The molecular weight excluding hydrogens is 487 g/mol. The van der Waals surface area contributed by atoms with Gasteiger partial charge in [0.25, 0.3) is 0 Å². The van der Waals surface area contributed by atoms with Crippen molar-refractivity contribution >= 4 is 23.2 Å². The quantitative estimate of drug-likeness (QED) is 0.368. The fourth-order valence-electron chi connectivity index (χ4n) is 3.97. The Morgan fingerprint density at radius 3 is 2.27 bits per heavy atom. The van der Waals surface area contributed by atoms with E-state index >= 15 is 4.39 Å². The summed E-state index contributed by atoms with van der Waals surface area (Å²) in [5.74, 6) is -4.25. The third-order valence-electron chi connectivity index (χ3n) is 6.11. The normalized spacial score (nSPS) is 13.7. The monoisotopic (exact) mass is 507 g/mol. The predicted molar refractivity (Wildman–Crippen MR) is 127 cm³/mol. The Morgan fingerprint density at radius 2 is 1.68 bits per heavy atom. The van der Waals surface area contributed by atoms with Gasteiger partial charge in [-0.2, -0.15) is 5.10 Å². The Kier molecular flexibility index (Phi) is 5.90. The van der Waals surface area contributed by atoms with Crippen LogP contribution in [0.1, 0.15) is 12.8 Å². The lowest BCUT2D eigenvalue weighted by molar-refractivity contribution is -0.133. The molecule has 2 N–H and O–H groups in total. The summed E-state index contributed by atoms with van der Waals surface area (Å²) in [6.45, 7) is 0. The molecule has 37 heavy (non-hydrogen) atoms. The molecule has 2 amide bonds. The number of nitrogens with zero attached hydrogens (tertiary/aromatic N) is 4. The zero-order valence-corrected chi connectivity index (χ0v) is 19.5. The molecule has 11 heteroatoms. The van der Waals surface area contributed by atoms with E-state index in [9.17, 15) is 18.4 Å². The van der Waals surface area contributed by atoms with Crippen LogP contribution in [0.3, 0.4) is 0 Å². The zero-order chi connectivity index (χ0) is 26.3. The Morgan fingerprint density at radius 1 is 1.00 bits per heavy atom. The Bertz CT molecular complexity index is 1530. The van der Waals surface area contributed by atoms with E-state index in [1.165, 1.54) is 18.3 Å². The molecule has 0 saturated heterocycles. The predicted octanol–water partition coefficient (Wildman–Crippen LogP) is 4.62. The van der Waals surface area contributed by atoms with Gasteiger partial charge in [-0.05, 0) is 43.2 Å². The molecule has 2 aromatic carbocycles. The standard InChI is InChI=1S/C26H20F3N5O3/c1-33-14-15(13-32-33)21-12-18(6-9-31-21)37-17-3-5-23(20(29)11-17)34(22-4-2-16(27)10-19(22)28)25(36)26(7-8-26)24(30)35/h2-6,9-14H,7-8H2,1H3,(H2,30,35). The van der Waals surface area contributed by atoms with Crippen molar-refractivity contribution in [1.82, 2.24) is 14.8 Å². The average molecular weight is 507 g/mol. The number of hydrogen-bond donors (Lipinski definition) is 1. The first-order chi connectivity index (χ1) is 17.7. The second kappa shape index (κ2) is 9.08. The van der Waals surface area contributed by atoms with Crippen molar-refractivity contribution in [2.45, 2.75) is 12.8 Å². The molecule has 0 spiro atoms. The first-order valence-corrected chi connectivity index (χ1v) is 11.2. The minimum absolute atomic E-state index is 0.0904. The Balaban J connectivity index is 1.49. The Hall–Kier alpha value is -4.67. The highest BCUT2D eigenvalue weighted by Gasteiger charge is 2.58. The first kappa shape index (κ1) is 24.0. The highest BCUT2D eigenvalue weighted by Crippen LogP contribution is 2.49. The third-order valence-corrected chi connectivity index (χ3v) is 6.11. The van der Waals surface area contributed by atoms with Gasteiger partial charge in [0.05, 0.1) is 23.3 Å². The first-order valence-electron chi connectivity index (χ1n) is 11.2. The molecule has 188 valence electrons. The number of amides is 2. The van der Waals surface area contributed by atoms with Crippen molar-refractivity contribution in [2.75, 3.05) is 4.90 Å². The van der Waals surface area contributed by atoms with E-state index in [1.54, 1.807) is 36.3 Å². The molecule has 1 aliphatic rings. The molecule has 5 rings (SSSR count). The van der Waals surface area contributed by atoms with Crippen LogP contribution in [0.4, 0.5) is 24.5 Å². The van der Waals surface area contributed by atoms with Gasteiger partial charge in [-0.3, -0.25) is 24.2 Å². The molecular formula is C26H20F3N5O3. The summed E-state index contributed by atoms with van der Waals surface area (Å²) in [6.07, 6.45) is 5.23. The summed E-state index contributed by atoms with van der Waals surface area (Å²) in [4.78, 5) is 30.4. The molecule has 1 saturated carbocycles. The van der Waals surface area contributed by atoms with E-state index in [0.717, 1.165) is 28.7 Å². The number of pyridine rings is 1. The van der Waals surface area contributed by atoms with Crippen LogP contribution in [-0.2, 0) is 16.6 Å². The molecule has 0 unspecified atom stereocenters. The second-order valence-corrected chi connectivity index (χ2v) is 8.68. The Labute approximate surface area is 209 Å². The van der Waals surface area contributed by atoms with E-state index in [1.807, 2.05) is 0 Å². The summed E-state index contributed by atoms with van der Waals surface area (Å²) in [7, 11) is 1.77. The van der Waals surface area contributed by atoms with Crippen molar-refractivity contribution in [3.8, 4) is 22.8 Å². The van der Waals surface area contributed by atoms with Crippen LogP contribution in [-0.4, -0.2) is 26.6 Å². The maximum absolute atomic E-state index is 15.4. The van der Waals surface area contributed by atoms with Crippen molar-refractivity contribution in [2.24, 2.45) is 18.2 Å². The minimum atomic E-state index is -1.58. The van der Waals surface area contributed by atoms with E-state index in [2.05, 4.69) is 10.1 Å². The number of carbonyl (C=O) groups excluding carboxylic acids is 2. The van der Waals surface area contributed by atoms with Gasteiger partial charge in [0.2, 0.25) is 11.8 Å². The topological polar surface area (TPSA) is 103 Å². The van der Waals surface area contributed by atoms with Gasteiger partial charge in [-0.1, -0.05) is 0 Å². The number of aryl methyl sites for hydroxylation is 1. The molecule has 0 radical (unpaired) electrons. The van der Waals surface area contributed by atoms with Gasteiger partial charge in [0, 0.05) is 43.2 Å². The molecule has 2 heterocycles. The maximum Gasteiger partial charge on any atom is 0.247 e. The summed E-state index contributed by atoms with van der Waals surface area (Å²) in [5.41, 5.74) is 4.43. The summed E-state index contributed by atoms with van der Waals surface area (Å²) >= 11 is 0. The lowest BCUT2D eigenvalue weighted by Crippen LogP contribution is -2.42. The number of ether oxygens (including phenoxy) is 1. The number of rotatable bonds is 7. The average Bonchev–Trinajstić information content (AvgIpc) is 3.57. The van der Waals surface area contributed by atoms with Gasteiger partial charge in [-0.25, -0.2) is 13.2 Å². The fourth-order valence-corrected chi connectivity index (χ4v) is 3.97.